The third-order valence-corrected chi connectivity index (χ3v) is 8.42. The number of rotatable bonds is 5. The van der Waals surface area contributed by atoms with Gasteiger partial charge in [0.2, 0.25) is 21.8 Å². The topological polar surface area (TPSA) is 104 Å². The van der Waals surface area contributed by atoms with E-state index in [1.54, 1.807) is 27.4 Å². The Kier molecular flexibility index (Phi) is 6.13. The molecular formula is C21H30N4O4S. The Morgan fingerprint density at radius 3 is 2.37 bits per heavy atom. The molecule has 164 valence electrons. The van der Waals surface area contributed by atoms with Crippen molar-refractivity contribution >= 4 is 27.5 Å². The van der Waals surface area contributed by atoms with Gasteiger partial charge in [-0.05, 0) is 75.4 Å². The zero-order chi connectivity index (χ0) is 21.3. The lowest BCUT2D eigenvalue weighted by Crippen LogP contribution is -2.46. The minimum Gasteiger partial charge on any atom is -0.369 e. The molecule has 2 fully saturated rings. The molecule has 3 aliphatic rings. The Morgan fingerprint density at radius 2 is 1.70 bits per heavy atom. The molecule has 3 heterocycles. The largest absolute Gasteiger partial charge is 0.369 e. The predicted molar refractivity (Wildman–Crippen MR) is 113 cm³/mol. The van der Waals surface area contributed by atoms with Crippen LogP contribution < -0.4 is 10.6 Å². The smallest absolute Gasteiger partial charge is 0.243 e. The van der Waals surface area contributed by atoms with Gasteiger partial charge >= 0.3 is 0 Å². The number of hydrogen-bond acceptors (Lipinski definition) is 5. The van der Waals surface area contributed by atoms with Crippen LogP contribution in [0.1, 0.15) is 37.7 Å². The van der Waals surface area contributed by atoms with Crippen LogP contribution in [0.3, 0.4) is 0 Å². The highest BCUT2D eigenvalue weighted by Gasteiger charge is 2.31. The van der Waals surface area contributed by atoms with E-state index >= 15 is 0 Å². The van der Waals surface area contributed by atoms with Crippen LogP contribution in [0.2, 0.25) is 0 Å². The van der Waals surface area contributed by atoms with Crippen molar-refractivity contribution in [1.29, 1.82) is 0 Å². The van der Waals surface area contributed by atoms with Gasteiger partial charge in [0, 0.05) is 31.2 Å². The summed E-state index contributed by atoms with van der Waals surface area (Å²) < 4.78 is 27.3. The number of fused-ring (bicyclic) bond motifs is 1. The first-order chi connectivity index (χ1) is 14.4. The Morgan fingerprint density at radius 1 is 1.00 bits per heavy atom. The molecule has 0 aliphatic carbocycles. The maximum atomic E-state index is 13.0. The Hall–Kier alpha value is -1.97. The van der Waals surface area contributed by atoms with Crippen molar-refractivity contribution in [3.63, 3.8) is 0 Å². The number of carbonyl (C=O) groups is 2. The van der Waals surface area contributed by atoms with Crippen LogP contribution in [-0.4, -0.2) is 68.7 Å². The predicted octanol–water partition coefficient (Wildman–Crippen LogP) is 0.948. The minimum atomic E-state index is -3.46. The molecule has 0 unspecified atom stereocenters. The fourth-order valence-corrected chi connectivity index (χ4v) is 6.29. The van der Waals surface area contributed by atoms with E-state index in [0.717, 1.165) is 36.9 Å². The van der Waals surface area contributed by atoms with E-state index in [4.69, 9.17) is 5.73 Å². The van der Waals surface area contributed by atoms with Gasteiger partial charge in [-0.1, -0.05) is 0 Å². The second-order valence-electron chi connectivity index (χ2n) is 8.50. The quantitative estimate of drug-likeness (QED) is 0.743. The monoisotopic (exact) mass is 434 g/mol. The normalized spacial score (nSPS) is 21.5. The van der Waals surface area contributed by atoms with E-state index in [9.17, 15) is 18.0 Å². The van der Waals surface area contributed by atoms with E-state index in [0.29, 0.717) is 57.0 Å². The molecule has 1 aromatic rings. The maximum absolute atomic E-state index is 13.0. The highest BCUT2D eigenvalue weighted by atomic mass is 32.2. The summed E-state index contributed by atoms with van der Waals surface area (Å²) in [6.45, 7) is 3.48. The number of anilines is 1. The molecule has 0 bridgehead atoms. The SMILES string of the molecule is NC(=O)C1CCN(CC(=O)N2CCCc3cc(S(=O)(=O)N4CCCC4)ccc32)CC1. The Bertz CT molecular complexity index is 919. The van der Waals surface area contributed by atoms with Crippen LogP contribution in [0.5, 0.6) is 0 Å². The minimum absolute atomic E-state index is 0.0172. The maximum Gasteiger partial charge on any atom is 0.243 e. The van der Waals surface area contributed by atoms with Crippen LogP contribution in [0.15, 0.2) is 23.1 Å². The van der Waals surface area contributed by atoms with Crippen LogP contribution in [0, 0.1) is 5.92 Å². The molecule has 0 spiro atoms. The molecule has 3 aliphatic heterocycles. The van der Waals surface area contributed by atoms with Crippen LogP contribution in [0.4, 0.5) is 5.69 Å². The molecule has 2 saturated heterocycles. The number of aryl methyl sites for hydroxylation is 1. The number of hydrogen-bond donors (Lipinski definition) is 1. The van der Waals surface area contributed by atoms with Crippen molar-refractivity contribution in [2.24, 2.45) is 11.7 Å². The van der Waals surface area contributed by atoms with Gasteiger partial charge in [0.1, 0.15) is 0 Å². The third kappa shape index (κ3) is 4.24. The summed E-state index contributed by atoms with van der Waals surface area (Å²) in [7, 11) is -3.46. The molecule has 0 aromatic heterocycles. The molecule has 30 heavy (non-hydrogen) atoms. The fraction of sp³-hybridized carbons (Fsp3) is 0.619. The van der Waals surface area contributed by atoms with E-state index in [-0.39, 0.29) is 17.7 Å². The number of likely N-dealkylation sites (tertiary alicyclic amines) is 1. The van der Waals surface area contributed by atoms with Crippen molar-refractivity contribution in [2.45, 2.75) is 43.4 Å². The fourth-order valence-electron chi connectivity index (χ4n) is 4.72. The molecule has 1 aromatic carbocycles. The average molecular weight is 435 g/mol. The Labute approximate surface area is 178 Å². The second-order valence-corrected chi connectivity index (χ2v) is 10.4. The first kappa shape index (κ1) is 21.3. The number of amides is 2. The number of nitrogens with zero attached hydrogens (tertiary/aromatic N) is 3. The van der Waals surface area contributed by atoms with Gasteiger partial charge in [0.15, 0.2) is 0 Å². The number of benzene rings is 1. The molecule has 0 radical (unpaired) electrons. The van der Waals surface area contributed by atoms with Crippen molar-refractivity contribution < 1.29 is 18.0 Å². The molecule has 9 heteroatoms. The van der Waals surface area contributed by atoms with Gasteiger partial charge in [-0.3, -0.25) is 14.5 Å². The molecule has 0 atom stereocenters. The number of piperidine rings is 1. The lowest BCUT2D eigenvalue weighted by atomic mass is 9.96. The summed E-state index contributed by atoms with van der Waals surface area (Å²) in [4.78, 5) is 28.5. The summed E-state index contributed by atoms with van der Waals surface area (Å²) in [6, 6.07) is 5.17. The van der Waals surface area contributed by atoms with Gasteiger partial charge in [-0.25, -0.2) is 8.42 Å². The van der Waals surface area contributed by atoms with Crippen molar-refractivity contribution in [2.75, 3.05) is 44.2 Å². The van der Waals surface area contributed by atoms with Crippen molar-refractivity contribution in [1.82, 2.24) is 9.21 Å². The first-order valence-electron chi connectivity index (χ1n) is 10.8. The lowest BCUT2D eigenvalue weighted by Gasteiger charge is -2.34. The van der Waals surface area contributed by atoms with Crippen LogP contribution >= 0.6 is 0 Å². The van der Waals surface area contributed by atoms with Gasteiger partial charge in [-0.15, -0.1) is 0 Å². The van der Waals surface area contributed by atoms with Crippen molar-refractivity contribution in [3.05, 3.63) is 23.8 Å². The Balaban J connectivity index is 1.46. The van der Waals surface area contributed by atoms with E-state index in [1.807, 2.05) is 0 Å². The zero-order valence-electron chi connectivity index (χ0n) is 17.3. The van der Waals surface area contributed by atoms with E-state index in [1.165, 1.54) is 0 Å². The molecule has 0 saturated carbocycles. The summed E-state index contributed by atoms with van der Waals surface area (Å²) in [5.74, 6) is -0.336. The molecule has 4 rings (SSSR count). The highest BCUT2D eigenvalue weighted by Crippen LogP contribution is 2.31. The van der Waals surface area contributed by atoms with Crippen LogP contribution in [-0.2, 0) is 26.0 Å². The number of primary amides is 1. The molecule has 2 N–H and O–H groups in total. The first-order valence-corrected chi connectivity index (χ1v) is 12.3. The number of sulfonamides is 1. The lowest BCUT2D eigenvalue weighted by molar-refractivity contribution is -0.123. The molecule has 8 nitrogen and oxygen atoms in total. The zero-order valence-corrected chi connectivity index (χ0v) is 18.1. The van der Waals surface area contributed by atoms with Crippen LogP contribution in [0.25, 0.3) is 0 Å². The average Bonchev–Trinajstić information content (AvgIpc) is 3.29. The van der Waals surface area contributed by atoms with Gasteiger partial charge < -0.3 is 10.6 Å². The third-order valence-electron chi connectivity index (χ3n) is 6.52. The molecular weight excluding hydrogens is 404 g/mol. The van der Waals surface area contributed by atoms with E-state index < -0.39 is 10.0 Å². The second kappa shape index (κ2) is 8.64. The van der Waals surface area contributed by atoms with Gasteiger partial charge in [0.25, 0.3) is 0 Å². The highest BCUT2D eigenvalue weighted by molar-refractivity contribution is 7.89. The van der Waals surface area contributed by atoms with E-state index in [2.05, 4.69) is 4.90 Å². The molecule has 2 amide bonds. The number of nitrogens with two attached hydrogens (primary N) is 1. The standard InChI is InChI=1S/C21H30N4O4S/c22-21(27)16-7-12-23(13-8-16)15-20(26)25-11-3-4-17-14-18(5-6-19(17)25)30(28,29)24-9-1-2-10-24/h5-6,14,16H,1-4,7-13,15H2,(H2,22,27). The van der Waals surface area contributed by atoms with Gasteiger partial charge in [-0.2, -0.15) is 4.31 Å². The summed E-state index contributed by atoms with van der Waals surface area (Å²) >= 11 is 0. The summed E-state index contributed by atoms with van der Waals surface area (Å²) in [5, 5.41) is 0. The van der Waals surface area contributed by atoms with Gasteiger partial charge in [0.05, 0.1) is 11.4 Å². The van der Waals surface area contributed by atoms with Crippen molar-refractivity contribution in [3.8, 4) is 0 Å². The summed E-state index contributed by atoms with van der Waals surface area (Å²) in [6.07, 6.45) is 4.78. The summed E-state index contributed by atoms with van der Waals surface area (Å²) in [5.41, 5.74) is 7.13. The number of carbonyl (C=O) groups excluding carboxylic acids is 2.